The highest BCUT2D eigenvalue weighted by Crippen LogP contribution is 2.26. The van der Waals surface area contributed by atoms with Crippen LogP contribution in [0.3, 0.4) is 0 Å². The van der Waals surface area contributed by atoms with Crippen molar-refractivity contribution in [3.63, 3.8) is 0 Å². The van der Waals surface area contributed by atoms with E-state index in [4.69, 9.17) is 0 Å². The van der Waals surface area contributed by atoms with Crippen LogP contribution in [0.2, 0.25) is 0 Å². The fourth-order valence-electron chi connectivity index (χ4n) is 2.39. The molecule has 0 spiro atoms. The summed E-state index contributed by atoms with van der Waals surface area (Å²) in [6, 6.07) is 7.22. The molecule has 0 aromatic heterocycles. The van der Waals surface area contributed by atoms with E-state index in [0.29, 0.717) is 6.54 Å². The lowest BCUT2D eigenvalue weighted by Gasteiger charge is -2.21. The van der Waals surface area contributed by atoms with Gasteiger partial charge in [0, 0.05) is 20.0 Å². The van der Waals surface area contributed by atoms with Gasteiger partial charge in [0.2, 0.25) is 5.91 Å². The smallest absolute Gasteiger partial charge is 0.262 e. The number of alkyl halides is 2. The van der Waals surface area contributed by atoms with Gasteiger partial charge < -0.3 is 4.90 Å². The molecule has 0 aliphatic carbocycles. The van der Waals surface area contributed by atoms with Crippen molar-refractivity contribution in [1.29, 1.82) is 0 Å². The quantitative estimate of drug-likeness (QED) is 0.918. The molecule has 1 aliphatic heterocycles. The van der Waals surface area contributed by atoms with E-state index in [1.54, 1.807) is 7.05 Å². The zero-order valence-corrected chi connectivity index (χ0v) is 11.8. The molecule has 110 valence electrons. The number of carbonyl (C=O) groups excluding carboxylic acids is 1. The van der Waals surface area contributed by atoms with E-state index in [2.05, 4.69) is 12.2 Å². The Bertz CT molecular complexity index is 473. The predicted molar refractivity (Wildman–Crippen MR) is 73.6 cm³/mol. The third-order valence-electron chi connectivity index (χ3n) is 3.64. The molecule has 1 aromatic carbocycles. The minimum Gasteiger partial charge on any atom is -0.340 e. The summed E-state index contributed by atoms with van der Waals surface area (Å²) in [4.78, 5) is 13.6. The number of hydrogen-bond donors (Lipinski definition) is 1. The number of hydrogen-bond acceptors (Lipinski definition) is 2. The molecule has 0 radical (unpaired) electrons. The first-order valence-electron chi connectivity index (χ1n) is 6.85. The molecule has 0 bridgehead atoms. The average Bonchev–Trinajstić information content (AvgIpc) is 2.79. The van der Waals surface area contributed by atoms with E-state index in [0.717, 1.165) is 12.0 Å². The molecular formula is C15H20F2N2O. The largest absolute Gasteiger partial charge is 0.340 e. The molecule has 1 aliphatic rings. The fraction of sp³-hybridized carbons (Fsp3) is 0.533. The summed E-state index contributed by atoms with van der Waals surface area (Å²) < 4.78 is 26.2. The van der Waals surface area contributed by atoms with Gasteiger partial charge in [-0.15, -0.1) is 0 Å². The number of halogens is 2. The van der Waals surface area contributed by atoms with Gasteiger partial charge in [-0.25, -0.2) is 8.78 Å². The molecule has 1 fully saturated rings. The van der Waals surface area contributed by atoms with Gasteiger partial charge in [-0.05, 0) is 17.5 Å². The molecule has 1 atom stereocenters. The van der Waals surface area contributed by atoms with Gasteiger partial charge in [0.25, 0.3) is 5.92 Å². The van der Waals surface area contributed by atoms with Crippen LogP contribution in [0.4, 0.5) is 8.78 Å². The monoisotopic (exact) mass is 282 g/mol. The summed E-state index contributed by atoms with van der Waals surface area (Å²) in [7, 11) is 1.65. The van der Waals surface area contributed by atoms with Gasteiger partial charge in [-0.3, -0.25) is 10.1 Å². The molecule has 1 aromatic rings. The van der Waals surface area contributed by atoms with Gasteiger partial charge in [0.1, 0.15) is 0 Å². The Labute approximate surface area is 118 Å². The van der Waals surface area contributed by atoms with Gasteiger partial charge >= 0.3 is 0 Å². The number of aryl methyl sites for hydroxylation is 1. The molecule has 5 heteroatoms. The Morgan fingerprint density at radius 2 is 1.95 bits per heavy atom. The van der Waals surface area contributed by atoms with Crippen LogP contribution >= 0.6 is 0 Å². The van der Waals surface area contributed by atoms with E-state index in [9.17, 15) is 13.6 Å². The fourth-order valence-corrected chi connectivity index (χ4v) is 2.39. The first-order chi connectivity index (χ1) is 9.41. The lowest BCUT2D eigenvalue weighted by atomic mass is 10.1. The lowest BCUT2D eigenvalue weighted by Crippen LogP contribution is -2.41. The summed E-state index contributed by atoms with van der Waals surface area (Å²) >= 11 is 0. The van der Waals surface area contributed by atoms with E-state index in [1.807, 2.05) is 24.3 Å². The maximum atomic E-state index is 13.1. The summed E-state index contributed by atoms with van der Waals surface area (Å²) in [6.45, 7) is 2.10. The predicted octanol–water partition coefficient (Wildman–Crippen LogP) is 2.20. The normalized spacial score (nSPS) is 20.9. The first-order valence-corrected chi connectivity index (χ1v) is 6.85. The Hall–Kier alpha value is -1.49. The minimum atomic E-state index is -2.77. The van der Waals surface area contributed by atoms with Crippen molar-refractivity contribution in [1.82, 2.24) is 10.2 Å². The second kappa shape index (κ2) is 5.87. The van der Waals surface area contributed by atoms with E-state index in [-0.39, 0.29) is 5.91 Å². The number of nitrogens with one attached hydrogen (secondary N) is 1. The number of carbonyl (C=O) groups is 1. The van der Waals surface area contributed by atoms with Crippen molar-refractivity contribution in [2.24, 2.45) is 0 Å². The van der Waals surface area contributed by atoms with Crippen LogP contribution in [-0.2, 0) is 17.8 Å². The first kappa shape index (κ1) is 14.9. The number of benzene rings is 1. The minimum absolute atomic E-state index is 0.276. The van der Waals surface area contributed by atoms with Crippen molar-refractivity contribution in [3.05, 3.63) is 35.4 Å². The lowest BCUT2D eigenvalue weighted by molar-refractivity contribution is -0.132. The van der Waals surface area contributed by atoms with Crippen molar-refractivity contribution < 1.29 is 13.6 Å². The third-order valence-corrected chi connectivity index (χ3v) is 3.64. The second-order valence-electron chi connectivity index (χ2n) is 5.36. The molecule has 1 unspecified atom stereocenters. The van der Waals surface area contributed by atoms with Crippen molar-refractivity contribution in [3.8, 4) is 0 Å². The maximum Gasteiger partial charge on any atom is 0.262 e. The van der Waals surface area contributed by atoms with E-state index >= 15 is 0 Å². The zero-order valence-electron chi connectivity index (χ0n) is 11.8. The van der Waals surface area contributed by atoms with Crippen LogP contribution in [0.25, 0.3) is 0 Å². The standard InChI is InChI=1S/C15H20F2N2O/c1-3-11-4-6-12(7-5-11)9-19(2)14(20)13-8-15(16,17)10-18-13/h4-7,13,18H,3,8-10H2,1-2H3. The van der Waals surface area contributed by atoms with E-state index < -0.39 is 24.9 Å². The maximum absolute atomic E-state index is 13.1. The highest BCUT2D eigenvalue weighted by Gasteiger charge is 2.43. The molecule has 2 rings (SSSR count). The van der Waals surface area contributed by atoms with Crippen LogP contribution in [0.5, 0.6) is 0 Å². The highest BCUT2D eigenvalue weighted by atomic mass is 19.3. The number of amides is 1. The third kappa shape index (κ3) is 3.54. The van der Waals surface area contributed by atoms with Gasteiger partial charge in [0.15, 0.2) is 0 Å². The number of rotatable bonds is 4. The Morgan fingerprint density at radius 1 is 1.35 bits per heavy atom. The van der Waals surface area contributed by atoms with E-state index in [1.165, 1.54) is 10.5 Å². The topological polar surface area (TPSA) is 32.3 Å². The Morgan fingerprint density at radius 3 is 2.45 bits per heavy atom. The van der Waals surface area contributed by atoms with Gasteiger partial charge in [-0.1, -0.05) is 31.2 Å². The SMILES string of the molecule is CCc1ccc(CN(C)C(=O)C2CC(F)(F)CN2)cc1. The van der Waals surface area contributed by atoms with Crippen LogP contribution in [-0.4, -0.2) is 36.4 Å². The molecule has 1 amide bonds. The highest BCUT2D eigenvalue weighted by molar-refractivity contribution is 5.82. The summed E-state index contributed by atoms with van der Waals surface area (Å²) in [5.41, 5.74) is 2.24. The molecular weight excluding hydrogens is 262 g/mol. The summed E-state index contributed by atoms with van der Waals surface area (Å²) in [5.74, 6) is -3.05. The van der Waals surface area contributed by atoms with Crippen LogP contribution < -0.4 is 5.32 Å². The summed E-state index contributed by atoms with van der Waals surface area (Å²) in [6.07, 6.45) is 0.557. The molecule has 20 heavy (non-hydrogen) atoms. The van der Waals surface area contributed by atoms with Crippen molar-refractivity contribution in [2.45, 2.75) is 38.3 Å². The van der Waals surface area contributed by atoms with Gasteiger partial charge in [-0.2, -0.15) is 0 Å². The second-order valence-corrected chi connectivity index (χ2v) is 5.36. The molecule has 3 nitrogen and oxygen atoms in total. The average molecular weight is 282 g/mol. The molecule has 1 heterocycles. The van der Waals surface area contributed by atoms with Crippen LogP contribution in [0.1, 0.15) is 24.5 Å². The Balaban J connectivity index is 1.93. The number of likely N-dealkylation sites (N-methyl/N-ethyl adjacent to an activating group) is 1. The summed E-state index contributed by atoms with van der Waals surface area (Å²) in [5, 5.41) is 2.59. The van der Waals surface area contributed by atoms with Gasteiger partial charge in [0.05, 0.1) is 12.6 Å². The number of nitrogens with zero attached hydrogens (tertiary/aromatic N) is 1. The van der Waals surface area contributed by atoms with Crippen molar-refractivity contribution in [2.75, 3.05) is 13.6 Å². The molecule has 1 saturated heterocycles. The van der Waals surface area contributed by atoms with Crippen molar-refractivity contribution >= 4 is 5.91 Å². The molecule has 1 N–H and O–H groups in total. The zero-order chi connectivity index (χ0) is 14.8. The van der Waals surface area contributed by atoms with Crippen LogP contribution in [0.15, 0.2) is 24.3 Å². The Kier molecular flexibility index (Phi) is 4.38. The molecule has 0 saturated carbocycles. The van der Waals surface area contributed by atoms with Crippen LogP contribution in [0, 0.1) is 0 Å².